The van der Waals surface area contributed by atoms with Gasteiger partial charge in [0.2, 0.25) is 5.91 Å². The van der Waals surface area contributed by atoms with Gasteiger partial charge in [0.25, 0.3) is 0 Å². The van der Waals surface area contributed by atoms with Gasteiger partial charge in [0, 0.05) is 6.42 Å². The van der Waals surface area contributed by atoms with E-state index in [0.717, 1.165) is 0 Å². The van der Waals surface area contributed by atoms with E-state index in [-0.39, 0.29) is 17.6 Å². The maximum atomic E-state index is 12.4. The highest BCUT2D eigenvalue weighted by atomic mass is 16.5. The largest absolute Gasteiger partial charge is 0.493 e. The Labute approximate surface area is 118 Å². The van der Waals surface area contributed by atoms with Crippen LogP contribution in [-0.4, -0.2) is 30.4 Å². The number of ether oxygens (including phenoxy) is 1. The Morgan fingerprint density at radius 2 is 2.10 bits per heavy atom. The first-order chi connectivity index (χ1) is 9.50. The molecule has 0 saturated carbocycles. The molecule has 2 atom stereocenters. The average molecular weight is 276 g/mol. The average Bonchev–Trinajstić information content (AvgIpc) is 2.59. The molecule has 0 aromatic heterocycles. The van der Waals surface area contributed by atoms with Gasteiger partial charge < -0.3 is 15.8 Å². The van der Waals surface area contributed by atoms with Crippen LogP contribution in [0.2, 0.25) is 0 Å². The number of carbonyl (C=O) groups excluding carboxylic acids is 2. The van der Waals surface area contributed by atoms with E-state index in [1.807, 2.05) is 19.9 Å². The van der Waals surface area contributed by atoms with Gasteiger partial charge in [-0.25, -0.2) is 0 Å². The Bertz CT molecular complexity index is 514. The van der Waals surface area contributed by atoms with E-state index in [4.69, 9.17) is 10.5 Å². The fourth-order valence-electron chi connectivity index (χ4n) is 2.11. The SMILES string of the molecule is CC(C)C(N)C(=O)NC1CCOc2ccccc2C1=O. The highest BCUT2D eigenvalue weighted by Crippen LogP contribution is 2.23. The summed E-state index contributed by atoms with van der Waals surface area (Å²) in [4.78, 5) is 24.4. The Hall–Kier alpha value is -1.88. The van der Waals surface area contributed by atoms with Gasteiger partial charge in [-0.2, -0.15) is 0 Å². The fourth-order valence-corrected chi connectivity index (χ4v) is 2.11. The molecule has 108 valence electrons. The van der Waals surface area contributed by atoms with Crippen LogP contribution >= 0.6 is 0 Å². The molecule has 0 spiro atoms. The molecule has 0 radical (unpaired) electrons. The summed E-state index contributed by atoms with van der Waals surface area (Å²) < 4.78 is 5.54. The van der Waals surface area contributed by atoms with Crippen LogP contribution in [0.4, 0.5) is 0 Å². The molecule has 1 aromatic rings. The third-order valence-corrected chi connectivity index (χ3v) is 3.47. The van der Waals surface area contributed by atoms with Crippen molar-refractivity contribution in [1.82, 2.24) is 5.32 Å². The lowest BCUT2D eigenvalue weighted by Gasteiger charge is -2.20. The third-order valence-electron chi connectivity index (χ3n) is 3.47. The van der Waals surface area contributed by atoms with Crippen molar-refractivity contribution in [2.24, 2.45) is 11.7 Å². The second kappa shape index (κ2) is 6.05. The lowest BCUT2D eigenvalue weighted by atomic mass is 10.00. The third kappa shape index (κ3) is 2.99. The Morgan fingerprint density at radius 1 is 1.40 bits per heavy atom. The molecule has 0 bridgehead atoms. The van der Waals surface area contributed by atoms with Crippen LogP contribution in [0.1, 0.15) is 30.6 Å². The van der Waals surface area contributed by atoms with E-state index in [1.54, 1.807) is 18.2 Å². The summed E-state index contributed by atoms with van der Waals surface area (Å²) in [5.41, 5.74) is 6.31. The van der Waals surface area contributed by atoms with Crippen LogP contribution in [0, 0.1) is 5.92 Å². The Kier molecular flexibility index (Phi) is 4.39. The summed E-state index contributed by atoms with van der Waals surface area (Å²) >= 11 is 0. The molecule has 0 saturated heterocycles. The van der Waals surface area contributed by atoms with Gasteiger partial charge in [-0.15, -0.1) is 0 Å². The molecule has 1 aliphatic rings. The van der Waals surface area contributed by atoms with Crippen molar-refractivity contribution < 1.29 is 14.3 Å². The van der Waals surface area contributed by atoms with E-state index in [1.165, 1.54) is 0 Å². The first kappa shape index (κ1) is 14.5. The van der Waals surface area contributed by atoms with Crippen LogP contribution in [0.5, 0.6) is 5.75 Å². The van der Waals surface area contributed by atoms with Gasteiger partial charge in [-0.05, 0) is 18.1 Å². The summed E-state index contributed by atoms with van der Waals surface area (Å²) in [6.07, 6.45) is 0.448. The molecule has 0 fully saturated rings. The number of rotatable bonds is 3. The van der Waals surface area contributed by atoms with E-state index in [9.17, 15) is 9.59 Å². The number of para-hydroxylation sites is 1. The molecule has 0 aliphatic carbocycles. The number of carbonyl (C=O) groups is 2. The van der Waals surface area contributed by atoms with Gasteiger partial charge in [-0.3, -0.25) is 9.59 Å². The quantitative estimate of drug-likeness (QED) is 0.867. The topological polar surface area (TPSA) is 81.4 Å². The molecule has 2 rings (SSSR count). The predicted molar refractivity (Wildman–Crippen MR) is 75.6 cm³/mol. The normalized spacial score (nSPS) is 19.8. The smallest absolute Gasteiger partial charge is 0.237 e. The molecular weight excluding hydrogens is 256 g/mol. The lowest BCUT2D eigenvalue weighted by molar-refractivity contribution is -0.123. The van der Waals surface area contributed by atoms with E-state index < -0.39 is 12.1 Å². The molecule has 5 heteroatoms. The number of ketones is 1. The van der Waals surface area contributed by atoms with Crippen molar-refractivity contribution in [3.8, 4) is 5.75 Å². The number of hydrogen-bond donors (Lipinski definition) is 2. The second-order valence-corrected chi connectivity index (χ2v) is 5.33. The van der Waals surface area contributed by atoms with Crippen LogP contribution < -0.4 is 15.8 Å². The fraction of sp³-hybridized carbons (Fsp3) is 0.467. The van der Waals surface area contributed by atoms with Crippen LogP contribution in [-0.2, 0) is 4.79 Å². The van der Waals surface area contributed by atoms with Crippen LogP contribution in [0.3, 0.4) is 0 Å². The van der Waals surface area contributed by atoms with Crippen LogP contribution in [0.15, 0.2) is 24.3 Å². The van der Waals surface area contributed by atoms with Crippen molar-refractivity contribution in [1.29, 1.82) is 0 Å². The summed E-state index contributed by atoms with van der Waals surface area (Å²) in [5, 5.41) is 2.74. The standard InChI is InChI=1S/C15H20N2O3/c1-9(2)13(16)15(19)17-11-7-8-20-12-6-4-3-5-10(12)14(11)18/h3-6,9,11,13H,7-8,16H2,1-2H3,(H,17,19). The zero-order valence-electron chi connectivity index (χ0n) is 11.8. The van der Waals surface area contributed by atoms with Gasteiger partial charge in [0.05, 0.1) is 24.3 Å². The zero-order chi connectivity index (χ0) is 14.7. The number of hydrogen-bond acceptors (Lipinski definition) is 4. The van der Waals surface area contributed by atoms with Gasteiger partial charge >= 0.3 is 0 Å². The molecule has 3 N–H and O–H groups in total. The Morgan fingerprint density at radius 3 is 2.80 bits per heavy atom. The maximum Gasteiger partial charge on any atom is 0.237 e. The van der Waals surface area contributed by atoms with Gasteiger partial charge in [0.15, 0.2) is 5.78 Å². The van der Waals surface area contributed by atoms with E-state index in [0.29, 0.717) is 24.3 Å². The number of amides is 1. The number of fused-ring (bicyclic) bond motifs is 1. The minimum Gasteiger partial charge on any atom is -0.493 e. The minimum absolute atomic E-state index is 0.0272. The molecular formula is C15H20N2O3. The summed E-state index contributed by atoms with van der Waals surface area (Å²) in [7, 11) is 0. The predicted octanol–water partition coefficient (Wildman–Crippen LogP) is 1.12. The number of Topliss-reactive ketones (excluding diaryl/α,β-unsaturated/α-hetero) is 1. The maximum absolute atomic E-state index is 12.4. The highest BCUT2D eigenvalue weighted by molar-refractivity contribution is 6.04. The summed E-state index contributed by atoms with van der Waals surface area (Å²) in [5.74, 6) is 0.182. The van der Waals surface area contributed by atoms with E-state index in [2.05, 4.69) is 5.32 Å². The van der Waals surface area contributed by atoms with Crippen molar-refractivity contribution in [3.63, 3.8) is 0 Å². The van der Waals surface area contributed by atoms with Crippen molar-refractivity contribution in [3.05, 3.63) is 29.8 Å². The molecule has 2 unspecified atom stereocenters. The van der Waals surface area contributed by atoms with Crippen molar-refractivity contribution in [2.75, 3.05) is 6.61 Å². The number of nitrogens with two attached hydrogens (primary N) is 1. The summed E-state index contributed by atoms with van der Waals surface area (Å²) in [6.45, 7) is 4.14. The first-order valence-electron chi connectivity index (χ1n) is 6.82. The van der Waals surface area contributed by atoms with Gasteiger partial charge in [-0.1, -0.05) is 26.0 Å². The molecule has 1 aromatic carbocycles. The molecule has 1 amide bonds. The van der Waals surface area contributed by atoms with Crippen molar-refractivity contribution in [2.45, 2.75) is 32.4 Å². The molecule has 5 nitrogen and oxygen atoms in total. The number of benzene rings is 1. The lowest BCUT2D eigenvalue weighted by Crippen LogP contribution is -2.50. The summed E-state index contributed by atoms with van der Waals surface area (Å²) in [6, 6.07) is 5.89. The zero-order valence-corrected chi connectivity index (χ0v) is 11.8. The first-order valence-corrected chi connectivity index (χ1v) is 6.82. The number of nitrogens with one attached hydrogen (secondary N) is 1. The minimum atomic E-state index is -0.609. The monoisotopic (exact) mass is 276 g/mol. The van der Waals surface area contributed by atoms with Crippen molar-refractivity contribution >= 4 is 11.7 Å². The van der Waals surface area contributed by atoms with E-state index >= 15 is 0 Å². The van der Waals surface area contributed by atoms with Crippen LogP contribution in [0.25, 0.3) is 0 Å². The molecule has 1 aliphatic heterocycles. The Balaban J connectivity index is 2.14. The highest BCUT2D eigenvalue weighted by Gasteiger charge is 2.29. The molecule has 1 heterocycles. The second-order valence-electron chi connectivity index (χ2n) is 5.33. The molecule has 20 heavy (non-hydrogen) atoms. The van der Waals surface area contributed by atoms with Gasteiger partial charge in [0.1, 0.15) is 5.75 Å².